The summed E-state index contributed by atoms with van der Waals surface area (Å²) in [4.78, 5) is 32.8. The molecule has 2 heterocycles. The molecule has 0 N–H and O–H groups in total. The van der Waals surface area contributed by atoms with Gasteiger partial charge in [0.15, 0.2) is 0 Å². The first kappa shape index (κ1) is 24.3. The van der Waals surface area contributed by atoms with Crippen LogP contribution >= 0.6 is 11.8 Å². The lowest BCUT2D eigenvalue weighted by Crippen LogP contribution is -2.37. The Bertz CT molecular complexity index is 1560. The number of carbonyl (C=O) groups is 2. The summed E-state index contributed by atoms with van der Waals surface area (Å²) in [6, 6.07) is 32.2. The Labute approximate surface area is 227 Å². The van der Waals surface area contributed by atoms with E-state index in [9.17, 15) is 9.59 Å². The Kier molecular flexibility index (Phi) is 6.61. The molecular weight excluding hydrogens is 488 g/mol. The van der Waals surface area contributed by atoms with E-state index in [1.807, 2.05) is 82.6 Å². The number of anilines is 1. The van der Waals surface area contributed by atoms with Crippen LogP contribution in [-0.4, -0.2) is 23.3 Å². The van der Waals surface area contributed by atoms with Gasteiger partial charge in [0.25, 0.3) is 11.8 Å². The molecule has 4 aromatic carbocycles. The molecule has 0 radical (unpaired) electrons. The van der Waals surface area contributed by atoms with Crippen LogP contribution in [0.4, 0.5) is 5.69 Å². The smallest absolute Gasteiger partial charge is 0.265 e. The third-order valence-electron chi connectivity index (χ3n) is 7.11. The number of benzene rings is 4. The first-order chi connectivity index (χ1) is 18.5. The maximum atomic E-state index is 13.8. The number of rotatable bonds is 4. The van der Waals surface area contributed by atoms with Crippen molar-refractivity contribution >= 4 is 35.3 Å². The van der Waals surface area contributed by atoms with Crippen LogP contribution < -0.4 is 4.90 Å². The predicted molar refractivity (Wildman–Crippen MR) is 154 cm³/mol. The third-order valence-corrected chi connectivity index (χ3v) is 8.19. The van der Waals surface area contributed by atoms with E-state index in [1.54, 1.807) is 0 Å². The van der Waals surface area contributed by atoms with Gasteiger partial charge >= 0.3 is 0 Å². The molecule has 4 nitrogen and oxygen atoms in total. The minimum atomic E-state index is -0.0515. The second kappa shape index (κ2) is 10.3. The van der Waals surface area contributed by atoms with Gasteiger partial charge < -0.3 is 9.80 Å². The zero-order chi connectivity index (χ0) is 26.1. The second-order valence-electron chi connectivity index (χ2n) is 9.83. The van der Waals surface area contributed by atoms with Crippen molar-refractivity contribution in [1.82, 2.24) is 4.90 Å². The normalized spacial score (nSPS) is 15.8. The van der Waals surface area contributed by atoms with Crippen LogP contribution in [0.1, 0.15) is 38.2 Å². The fraction of sp³-hybridized carbons (Fsp3) is 0.152. The summed E-state index contributed by atoms with van der Waals surface area (Å²) in [5.74, 6) is -0.0507. The molecule has 0 aliphatic carbocycles. The molecule has 2 amide bonds. The molecule has 6 rings (SSSR count). The maximum absolute atomic E-state index is 13.8. The first-order valence-corrected chi connectivity index (χ1v) is 13.7. The van der Waals surface area contributed by atoms with Gasteiger partial charge in [-0.15, -0.1) is 0 Å². The van der Waals surface area contributed by atoms with Crippen LogP contribution in [-0.2, 0) is 24.3 Å². The van der Waals surface area contributed by atoms with E-state index in [4.69, 9.17) is 0 Å². The molecule has 2 aliphatic heterocycles. The number of nitrogens with zero attached hydrogens (tertiary/aromatic N) is 2. The number of hydrogen-bond donors (Lipinski definition) is 0. The molecule has 4 aromatic rings. The van der Waals surface area contributed by atoms with Crippen molar-refractivity contribution in [3.63, 3.8) is 0 Å². The molecule has 0 bridgehead atoms. The van der Waals surface area contributed by atoms with Gasteiger partial charge in [0.2, 0.25) is 0 Å². The van der Waals surface area contributed by atoms with Crippen molar-refractivity contribution in [2.24, 2.45) is 0 Å². The topological polar surface area (TPSA) is 40.6 Å². The molecule has 38 heavy (non-hydrogen) atoms. The Hall–Kier alpha value is -4.09. The third kappa shape index (κ3) is 4.90. The Balaban J connectivity index is 1.35. The van der Waals surface area contributed by atoms with Crippen molar-refractivity contribution in [2.45, 2.75) is 31.3 Å². The van der Waals surface area contributed by atoms with Gasteiger partial charge in [-0.05, 0) is 59.9 Å². The van der Waals surface area contributed by atoms with Gasteiger partial charge in [0, 0.05) is 23.5 Å². The first-order valence-electron chi connectivity index (χ1n) is 12.9. The summed E-state index contributed by atoms with van der Waals surface area (Å²) < 4.78 is 0. The lowest BCUT2D eigenvalue weighted by molar-refractivity contribution is -0.114. The standard InChI is InChI=1S/C33H28N2O2S/c1-23-8-7-11-25(18-23)21-35-29-20-27(32(36)34-17-16-26-12-5-6-13-28(26)22-34)14-15-30(29)38-31(33(35)37)19-24-9-3-2-4-10-24/h2-15,18-20H,16-17,21-22H2,1H3. The molecular formula is C33H28N2O2S. The van der Waals surface area contributed by atoms with E-state index >= 15 is 0 Å². The van der Waals surface area contributed by atoms with E-state index in [2.05, 4.69) is 37.3 Å². The van der Waals surface area contributed by atoms with Gasteiger partial charge in [-0.2, -0.15) is 0 Å². The Morgan fingerprint density at radius 2 is 1.68 bits per heavy atom. The highest BCUT2D eigenvalue weighted by atomic mass is 32.2. The zero-order valence-corrected chi connectivity index (χ0v) is 22.1. The predicted octanol–water partition coefficient (Wildman–Crippen LogP) is 6.87. The van der Waals surface area contributed by atoms with Crippen LogP contribution in [0.2, 0.25) is 0 Å². The minimum absolute atomic E-state index is 0.000817. The van der Waals surface area contributed by atoms with E-state index in [-0.39, 0.29) is 11.8 Å². The van der Waals surface area contributed by atoms with Crippen molar-refractivity contribution in [1.29, 1.82) is 0 Å². The summed E-state index contributed by atoms with van der Waals surface area (Å²) in [5, 5.41) is 0. The van der Waals surface area contributed by atoms with Gasteiger partial charge in [-0.3, -0.25) is 9.59 Å². The molecule has 0 atom stereocenters. The van der Waals surface area contributed by atoms with Crippen LogP contribution in [0.15, 0.2) is 107 Å². The summed E-state index contributed by atoms with van der Waals surface area (Å²) in [7, 11) is 0. The lowest BCUT2D eigenvalue weighted by atomic mass is 9.99. The van der Waals surface area contributed by atoms with Crippen molar-refractivity contribution < 1.29 is 9.59 Å². The maximum Gasteiger partial charge on any atom is 0.265 e. The Morgan fingerprint density at radius 3 is 2.50 bits per heavy atom. The van der Waals surface area contributed by atoms with Gasteiger partial charge in [0.1, 0.15) is 0 Å². The summed E-state index contributed by atoms with van der Waals surface area (Å²) in [6.07, 6.45) is 2.80. The van der Waals surface area contributed by atoms with E-state index in [0.717, 1.165) is 33.7 Å². The molecule has 0 unspecified atom stereocenters. The van der Waals surface area contributed by atoms with Crippen LogP contribution in [0.5, 0.6) is 0 Å². The highest BCUT2D eigenvalue weighted by Gasteiger charge is 2.31. The summed E-state index contributed by atoms with van der Waals surface area (Å²) in [5.41, 5.74) is 7.10. The highest BCUT2D eigenvalue weighted by molar-refractivity contribution is 8.04. The number of fused-ring (bicyclic) bond motifs is 2. The number of hydrogen-bond acceptors (Lipinski definition) is 3. The fourth-order valence-corrected chi connectivity index (χ4v) is 6.18. The molecule has 0 saturated heterocycles. The average Bonchev–Trinajstić information content (AvgIpc) is 2.95. The quantitative estimate of drug-likeness (QED) is 0.278. The van der Waals surface area contributed by atoms with E-state index in [0.29, 0.717) is 30.1 Å². The molecule has 0 spiro atoms. The van der Waals surface area contributed by atoms with Crippen LogP contribution in [0, 0.1) is 6.92 Å². The average molecular weight is 517 g/mol. The molecule has 0 aromatic heterocycles. The van der Waals surface area contributed by atoms with Crippen LogP contribution in [0.3, 0.4) is 0 Å². The van der Waals surface area contributed by atoms with Crippen molar-refractivity contribution in [2.75, 3.05) is 11.4 Å². The fourth-order valence-electron chi connectivity index (χ4n) is 5.15. The summed E-state index contributed by atoms with van der Waals surface area (Å²) >= 11 is 1.47. The van der Waals surface area contributed by atoms with Gasteiger partial charge in [-0.1, -0.05) is 96.2 Å². The molecule has 0 fully saturated rings. The molecule has 0 saturated carbocycles. The minimum Gasteiger partial charge on any atom is -0.334 e. The second-order valence-corrected chi connectivity index (χ2v) is 10.9. The number of aryl methyl sites for hydroxylation is 1. The highest BCUT2D eigenvalue weighted by Crippen LogP contribution is 2.43. The molecule has 5 heteroatoms. The molecule has 188 valence electrons. The van der Waals surface area contributed by atoms with Crippen LogP contribution in [0.25, 0.3) is 6.08 Å². The zero-order valence-electron chi connectivity index (χ0n) is 21.3. The van der Waals surface area contributed by atoms with Gasteiger partial charge in [-0.25, -0.2) is 0 Å². The van der Waals surface area contributed by atoms with E-state index < -0.39 is 0 Å². The Morgan fingerprint density at radius 1 is 0.895 bits per heavy atom. The summed E-state index contributed by atoms with van der Waals surface area (Å²) in [6.45, 7) is 3.79. The monoisotopic (exact) mass is 516 g/mol. The molecule has 2 aliphatic rings. The number of carbonyl (C=O) groups excluding carboxylic acids is 2. The number of amides is 2. The van der Waals surface area contributed by atoms with Gasteiger partial charge in [0.05, 0.1) is 17.1 Å². The lowest BCUT2D eigenvalue weighted by Gasteiger charge is -2.32. The SMILES string of the molecule is Cc1cccc(CN2C(=O)C(=Cc3ccccc3)Sc3ccc(C(=O)N4CCc5ccccc5C4)cc32)c1. The van der Waals surface area contributed by atoms with Crippen molar-refractivity contribution in [3.05, 3.63) is 135 Å². The van der Waals surface area contributed by atoms with Crippen molar-refractivity contribution in [3.8, 4) is 0 Å². The largest absolute Gasteiger partial charge is 0.334 e. The van der Waals surface area contributed by atoms with E-state index in [1.165, 1.54) is 22.9 Å². The number of thioether (sulfide) groups is 1.